The molecule has 2 rings (SSSR count). The van der Waals surface area contributed by atoms with Crippen molar-refractivity contribution in [1.82, 2.24) is 15.2 Å². The van der Waals surface area contributed by atoms with Crippen LogP contribution in [0.3, 0.4) is 0 Å². The first-order chi connectivity index (χ1) is 6.77. The molecular formula is C10H8BrN3. The molecule has 0 amide bonds. The van der Waals surface area contributed by atoms with Gasteiger partial charge in [0.2, 0.25) is 0 Å². The monoisotopic (exact) mass is 249 g/mol. The summed E-state index contributed by atoms with van der Waals surface area (Å²) in [7, 11) is 0. The lowest BCUT2D eigenvalue weighted by Crippen LogP contribution is -1.92. The van der Waals surface area contributed by atoms with Crippen molar-refractivity contribution in [1.29, 1.82) is 0 Å². The maximum Gasteiger partial charge on any atom is 0.129 e. The van der Waals surface area contributed by atoms with Gasteiger partial charge in [0.25, 0.3) is 0 Å². The number of hydrogen-bond donors (Lipinski definition) is 0. The second kappa shape index (κ2) is 3.84. The molecule has 0 saturated heterocycles. The molecule has 0 radical (unpaired) electrons. The second-order valence-corrected chi connectivity index (χ2v) is 3.69. The van der Waals surface area contributed by atoms with Crippen molar-refractivity contribution in [2.24, 2.45) is 0 Å². The Morgan fingerprint density at radius 3 is 2.79 bits per heavy atom. The third-order valence-electron chi connectivity index (χ3n) is 1.89. The van der Waals surface area contributed by atoms with Gasteiger partial charge in [0.1, 0.15) is 4.60 Å². The zero-order valence-corrected chi connectivity index (χ0v) is 9.19. The van der Waals surface area contributed by atoms with E-state index in [4.69, 9.17) is 0 Å². The van der Waals surface area contributed by atoms with E-state index < -0.39 is 0 Å². The number of hydrogen-bond acceptors (Lipinski definition) is 3. The Balaban J connectivity index is 2.57. The van der Waals surface area contributed by atoms with Crippen LogP contribution in [0, 0.1) is 6.92 Å². The van der Waals surface area contributed by atoms with Gasteiger partial charge >= 0.3 is 0 Å². The van der Waals surface area contributed by atoms with E-state index in [0.29, 0.717) is 0 Å². The van der Waals surface area contributed by atoms with Gasteiger partial charge in [-0.05, 0) is 41.1 Å². The Morgan fingerprint density at radius 1 is 1.21 bits per heavy atom. The minimum atomic E-state index is 0.726. The Morgan fingerprint density at radius 2 is 2.07 bits per heavy atom. The SMILES string of the molecule is Cc1nnc(Br)cc1-c1ccccn1. The van der Waals surface area contributed by atoms with Gasteiger partial charge in [-0.15, -0.1) is 5.10 Å². The van der Waals surface area contributed by atoms with Crippen molar-refractivity contribution < 1.29 is 0 Å². The van der Waals surface area contributed by atoms with Crippen LogP contribution in [0.2, 0.25) is 0 Å². The summed E-state index contributed by atoms with van der Waals surface area (Å²) in [5, 5.41) is 7.92. The molecule has 2 heterocycles. The maximum absolute atomic E-state index is 4.26. The lowest BCUT2D eigenvalue weighted by atomic mass is 10.1. The smallest absolute Gasteiger partial charge is 0.129 e. The van der Waals surface area contributed by atoms with Gasteiger partial charge in [0.15, 0.2) is 0 Å². The molecule has 0 unspecified atom stereocenters. The number of nitrogens with zero attached hydrogens (tertiary/aromatic N) is 3. The highest BCUT2D eigenvalue weighted by atomic mass is 79.9. The van der Waals surface area contributed by atoms with Crippen molar-refractivity contribution in [3.63, 3.8) is 0 Å². The summed E-state index contributed by atoms with van der Waals surface area (Å²) in [6.45, 7) is 1.92. The fourth-order valence-electron chi connectivity index (χ4n) is 1.21. The molecule has 14 heavy (non-hydrogen) atoms. The molecule has 0 N–H and O–H groups in total. The normalized spacial score (nSPS) is 10.1. The van der Waals surface area contributed by atoms with Crippen LogP contribution in [0.15, 0.2) is 35.1 Å². The van der Waals surface area contributed by atoms with Gasteiger partial charge in [-0.2, -0.15) is 5.10 Å². The van der Waals surface area contributed by atoms with Crippen LogP contribution in [0.5, 0.6) is 0 Å². The molecule has 0 aliphatic heterocycles. The third-order valence-corrected chi connectivity index (χ3v) is 2.28. The van der Waals surface area contributed by atoms with E-state index in [9.17, 15) is 0 Å². The van der Waals surface area contributed by atoms with Crippen LogP contribution in [0.4, 0.5) is 0 Å². The van der Waals surface area contributed by atoms with Gasteiger partial charge in [-0.3, -0.25) is 4.98 Å². The Hall–Kier alpha value is -1.29. The molecule has 0 aliphatic carbocycles. The number of rotatable bonds is 1. The molecule has 3 nitrogen and oxygen atoms in total. The van der Waals surface area contributed by atoms with E-state index in [1.165, 1.54) is 0 Å². The van der Waals surface area contributed by atoms with Crippen LogP contribution in [0.25, 0.3) is 11.3 Å². The Kier molecular flexibility index (Phi) is 2.54. The zero-order valence-electron chi connectivity index (χ0n) is 7.61. The van der Waals surface area contributed by atoms with E-state index in [0.717, 1.165) is 21.6 Å². The number of aryl methyl sites for hydroxylation is 1. The highest BCUT2D eigenvalue weighted by Gasteiger charge is 2.04. The molecular weight excluding hydrogens is 242 g/mol. The largest absolute Gasteiger partial charge is 0.256 e. The molecule has 0 atom stereocenters. The minimum absolute atomic E-state index is 0.726. The lowest BCUT2D eigenvalue weighted by Gasteiger charge is -2.02. The van der Waals surface area contributed by atoms with Crippen molar-refractivity contribution in [3.05, 3.63) is 40.8 Å². The fourth-order valence-corrected chi connectivity index (χ4v) is 1.52. The first-order valence-corrected chi connectivity index (χ1v) is 4.98. The van der Waals surface area contributed by atoms with Crippen LogP contribution >= 0.6 is 15.9 Å². The quantitative estimate of drug-likeness (QED) is 0.780. The molecule has 2 aromatic rings. The summed E-state index contributed by atoms with van der Waals surface area (Å²) in [6, 6.07) is 7.72. The van der Waals surface area contributed by atoms with E-state index in [2.05, 4.69) is 31.1 Å². The lowest BCUT2D eigenvalue weighted by molar-refractivity contribution is 0.960. The molecule has 2 aromatic heterocycles. The summed E-state index contributed by atoms with van der Waals surface area (Å²) in [4.78, 5) is 4.26. The Bertz CT molecular complexity index is 442. The van der Waals surface area contributed by atoms with E-state index in [-0.39, 0.29) is 0 Å². The van der Waals surface area contributed by atoms with Crippen molar-refractivity contribution in [2.75, 3.05) is 0 Å². The predicted molar refractivity (Wildman–Crippen MR) is 57.7 cm³/mol. The zero-order chi connectivity index (χ0) is 9.97. The van der Waals surface area contributed by atoms with Crippen molar-refractivity contribution in [2.45, 2.75) is 6.92 Å². The summed E-state index contributed by atoms with van der Waals surface area (Å²) < 4.78 is 0.726. The van der Waals surface area contributed by atoms with E-state index >= 15 is 0 Å². The van der Waals surface area contributed by atoms with E-state index in [1.54, 1.807) is 6.20 Å². The van der Waals surface area contributed by atoms with Crippen LogP contribution in [-0.4, -0.2) is 15.2 Å². The standard InChI is InChI=1S/C10H8BrN3/c1-7-8(6-10(11)14-13-7)9-4-2-3-5-12-9/h2-6H,1H3. The Labute approximate surface area is 90.3 Å². The molecule has 4 heteroatoms. The minimum Gasteiger partial charge on any atom is -0.256 e. The summed E-state index contributed by atoms with van der Waals surface area (Å²) >= 11 is 3.29. The van der Waals surface area contributed by atoms with Gasteiger partial charge in [-0.25, -0.2) is 0 Å². The van der Waals surface area contributed by atoms with Gasteiger partial charge in [-0.1, -0.05) is 6.07 Å². The number of halogens is 1. The maximum atomic E-state index is 4.26. The van der Waals surface area contributed by atoms with Crippen LogP contribution in [0.1, 0.15) is 5.69 Å². The van der Waals surface area contributed by atoms with Gasteiger partial charge in [0, 0.05) is 11.8 Å². The first kappa shape index (κ1) is 9.27. The molecule has 0 aromatic carbocycles. The predicted octanol–water partition coefficient (Wildman–Crippen LogP) is 2.61. The molecule has 0 fully saturated rings. The van der Waals surface area contributed by atoms with E-state index in [1.807, 2.05) is 31.2 Å². The van der Waals surface area contributed by atoms with Crippen molar-refractivity contribution >= 4 is 15.9 Å². The molecule has 0 bridgehead atoms. The summed E-state index contributed by atoms with van der Waals surface area (Å²) in [6.07, 6.45) is 1.77. The molecule has 0 aliphatic rings. The van der Waals surface area contributed by atoms with Gasteiger partial charge in [0.05, 0.1) is 11.4 Å². The highest BCUT2D eigenvalue weighted by Crippen LogP contribution is 2.21. The average Bonchev–Trinajstić information content (AvgIpc) is 2.23. The summed E-state index contributed by atoms with van der Waals surface area (Å²) in [5.41, 5.74) is 2.81. The molecule has 70 valence electrons. The number of aromatic nitrogens is 3. The molecule has 0 saturated carbocycles. The van der Waals surface area contributed by atoms with Crippen LogP contribution in [-0.2, 0) is 0 Å². The second-order valence-electron chi connectivity index (χ2n) is 2.88. The highest BCUT2D eigenvalue weighted by molar-refractivity contribution is 9.10. The fraction of sp³-hybridized carbons (Fsp3) is 0.100. The van der Waals surface area contributed by atoms with Gasteiger partial charge < -0.3 is 0 Å². The van der Waals surface area contributed by atoms with Crippen LogP contribution < -0.4 is 0 Å². The van der Waals surface area contributed by atoms with Crippen molar-refractivity contribution in [3.8, 4) is 11.3 Å². The topological polar surface area (TPSA) is 38.7 Å². The number of pyridine rings is 1. The molecule has 0 spiro atoms. The summed E-state index contributed by atoms with van der Waals surface area (Å²) in [5.74, 6) is 0. The average molecular weight is 250 g/mol. The third kappa shape index (κ3) is 1.80. The first-order valence-electron chi connectivity index (χ1n) is 4.18.